The second kappa shape index (κ2) is 5.25. The monoisotopic (exact) mass is 275 g/mol. The van der Waals surface area contributed by atoms with E-state index in [1.54, 1.807) is 0 Å². The van der Waals surface area contributed by atoms with Crippen molar-refractivity contribution in [1.29, 1.82) is 0 Å². The Balaban J connectivity index is 2.10. The molecule has 0 fully saturated rings. The largest absolute Gasteiger partial charge is 0.344 e. The molecule has 0 aliphatic carbocycles. The molecule has 3 rings (SSSR count). The van der Waals surface area contributed by atoms with Gasteiger partial charge in [-0.1, -0.05) is 48.0 Å². The first-order chi connectivity index (χ1) is 10.1. The first-order valence-electron chi connectivity index (χ1n) is 7.36. The Bertz CT molecular complexity index is 779. The van der Waals surface area contributed by atoms with Crippen LogP contribution in [0.4, 0.5) is 11.4 Å². The number of rotatable bonds is 2. The molecule has 0 aliphatic rings. The van der Waals surface area contributed by atoms with Gasteiger partial charge in [-0.3, -0.25) is 0 Å². The Kier molecular flexibility index (Phi) is 3.42. The predicted molar refractivity (Wildman–Crippen MR) is 92.7 cm³/mol. The minimum atomic E-state index is 1.23. The van der Waals surface area contributed by atoms with E-state index >= 15 is 0 Å². The number of hydrogen-bond acceptors (Lipinski definition) is 1. The van der Waals surface area contributed by atoms with Crippen molar-refractivity contribution in [3.8, 4) is 0 Å². The van der Waals surface area contributed by atoms with E-state index in [9.17, 15) is 0 Å². The van der Waals surface area contributed by atoms with Gasteiger partial charge in [0.2, 0.25) is 0 Å². The van der Waals surface area contributed by atoms with Gasteiger partial charge in [0.1, 0.15) is 0 Å². The summed E-state index contributed by atoms with van der Waals surface area (Å²) >= 11 is 0. The fourth-order valence-corrected chi connectivity index (χ4v) is 3.22. The van der Waals surface area contributed by atoms with Crippen LogP contribution in [0.5, 0.6) is 0 Å². The van der Waals surface area contributed by atoms with Crippen LogP contribution >= 0.6 is 0 Å². The minimum Gasteiger partial charge on any atom is -0.344 e. The van der Waals surface area contributed by atoms with Crippen LogP contribution in [0, 0.1) is 20.8 Å². The van der Waals surface area contributed by atoms with Gasteiger partial charge in [0.15, 0.2) is 0 Å². The van der Waals surface area contributed by atoms with Gasteiger partial charge < -0.3 is 4.90 Å². The van der Waals surface area contributed by atoms with E-state index in [1.165, 1.54) is 38.8 Å². The number of fused-ring (bicyclic) bond motifs is 1. The Morgan fingerprint density at radius 1 is 0.714 bits per heavy atom. The quantitative estimate of drug-likeness (QED) is 0.594. The molecule has 1 nitrogen and oxygen atoms in total. The van der Waals surface area contributed by atoms with E-state index in [0.29, 0.717) is 0 Å². The molecule has 0 unspecified atom stereocenters. The van der Waals surface area contributed by atoms with Crippen molar-refractivity contribution in [2.24, 2.45) is 0 Å². The van der Waals surface area contributed by atoms with Gasteiger partial charge in [0, 0.05) is 18.4 Å². The highest BCUT2D eigenvalue weighted by Gasteiger charge is 2.11. The number of hydrogen-bond donors (Lipinski definition) is 0. The molecule has 0 saturated carbocycles. The smallest absolute Gasteiger partial charge is 0.0467 e. The van der Waals surface area contributed by atoms with Crippen LogP contribution < -0.4 is 4.90 Å². The van der Waals surface area contributed by atoms with Crippen molar-refractivity contribution in [2.75, 3.05) is 11.9 Å². The van der Waals surface area contributed by atoms with Crippen LogP contribution in [-0.2, 0) is 0 Å². The average Bonchev–Trinajstić information content (AvgIpc) is 2.45. The molecular weight excluding hydrogens is 254 g/mol. The third kappa shape index (κ3) is 2.52. The Morgan fingerprint density at radius 2 is 1.33 bits per heavy atom. The molecule has 0 N–H and O–H groups in total. The van der Waals surface area contributed by atoms with Gasteiger partial charge in [-0.15, -0.1) is 0 Å². The summed E-state index contributed by atoms with van der Waals surface area (Å²) in [7, 11) is 2.15. The van der Waals surface area contributed by atoms with Crippen molar-refractivity contribution >= 4 is 22.1 Å². The second-order valence-electron chi connectivity index (χ2n) is 5.84. The van der Waals surface area contributed by atoms with Gasteiger partial charge in [-0.2, -0.15) is 0 Å². The van der Waals surface area contributed by atoms with E-state index in [4.69, 9.17) is 0 Å². The summed E-state index contributed by atoms with van der Waals surface area (Å²) in [6.07, 6.45) is 0. The topological polar surface area (TPSA) is 3.24 Å². The molecule has 21 heavy (non-hydrogen) atoms. The second-order valence-corrected chi connectivity index (χ2v) is 5.84. The maximum Gasteiger partial charge on any atom is 0.0467 e. The van der Waals surface area contributed by atoms with Crippen LogP contribution in [0.1, 0.15) is 16.7 Å². The van der Waals surface area contributed by atoms with E-state index in [-0.39, 0.29) is 0 Å². The molecule has 0 aromatic heterocycles. The van der Waals surface area contributed by atoms with Gasteiger partial charge in [-0.25, -0.2) is 0 Å². The molecule has 1 heteroatoms. The molecule has 0 radical (unpaired) electrons. The first-order valence-corrected chi connectivity index (χ1v) is 7.36. The van der Waals surface area contributed by atoms with E-state index < -0.39 is 0 Å². The van der Waals surface area contributed by atoms with Gasteiger partial charge in [-0.05, 0) is 54.8 Å². The zero-order valence-electron chi connectivity index (χ0n) is 13.1. The van der Waals surface area contributed by atoms with Crippen LogP contribution in [-0.4, -0.2) is 7.05 Å². The minimum absolute atomic E-state index is 1.23. The molecule has 0 aliphatic heterocycles. The third-order valence-corrected chi connectivity index (χ3v) is 4.09. The van der Waals surface area contributed by atoms with Crippen molar-refractivity contribution in [3.63, 3.8) is 0 Å². The van der Waals surface area contributed by atoms with Gasteiger partial charge >= 0.3 is 0 Å². The maximum absolute atomic E-state index is 2.29. The molecule has 106 valence electrons. The lowest BCUT2D eigenvalue weighted by atomic mass is 10.0. The fourth-order valence-electron chi connectivity index (χ4n) is 3.22. The van der Waals surface area contributed by atoms with Crippen molar-refractivity contribution in [1.82, 2.24) is 0 Å². The van der Waals surface area contributed by atoms with Crippen molar-refractivity contribution < 1.29 is 0 Å². The highest BCUT2D eigenvalue weighted by Crippen LogP contribution is 2.32. The average molecular weight is 275 g/mol. The first kappa shape index (κ1) is 13.7. The van der Waals surface area contributed by atoms with Crippen LogP contribution in [0.15, 0.2) is 54.6 Å². The number of anilines is 2. The van der Waals surface area contributed by atoms with Crippen LogP contribution in [0.3, 0.4) is 0 Å². The molecule has 0 amide bonds. The summed E-state index contributed by atoms with van der Waals surface area (Å²) in [4.78, 5) is 2.29. The molecule has 0 bridgehead atoms. The molecule has 3 aromatic carbocycles. The molecule has 0 spiro atoms. The fraction of sp³-hybridized carbons (Fsp3) is 0.200. The van der Waals surface area contributed by atoms with E-state index in [0.717, 1.165) is 0 Å². The summed E-state index contributed by atoms with van der Waals surface area (Å²) < 4.78 is 0. The Morgan fingerprint density at radius 3 is 2.00 bits per heavy atom. The Labute approximate surface area is 126 Å². The summed E-state index contributed by atoms with van der Waals surface area (Å²) in [5, 5.41) is 2.57. The van der Waals surface area contributed by atoms with E-state index in [1.807, 2.05) is 0 Å². The standard InChI is InChI=1S/C20H21N/c1-14-11-15(2)20(16(3)12-14)21(4)19-10-9-17-7-5-6-8-18(17)13-19/h5-13H,1-4H3. The molecule has 0 heterocycles. The van der Waals surface area contributed by atoms with E-state index in [2.05, 4.69) is 87.3 Å². The van der Waals surface area contributed by atoms with Crippen molar-refractivity contribution in [3.05, 3.63) is 71.3 Å². The lowest BCUT2D eigenvalue weighted by molar-refractivity contribution is 1.15. The zero-order valence-corrected chi connectivity index (χ0v) is 13.1. The normalized spacial score (nSPS) is 10.9. The summed E-state index contributed by atoms with van der Waals surface area (Å²) in [5.41, 5.74) is 6.49. The van der Waals surface area contributed by atoms with Gasteiger partial charge in [0.25, 0.3) is 0 Å². The summed E-state index contributed by atoms with van der Waals surface area (Å²) in [6.45, 7) is 6.53. The zero-order chi connectivity index (χ0) is 15.0. The lowest BCUT2D eigenvalue weighted by Crippen LogP contribution is -2.12. The number of benzene rings is 3. The SMILES string of the molecule is Cc1cc(C)c(N(C)c2ccc3ccccc3c2)c(C)c1. The molecular formula is C20H21N. The highest BCUT2D eigenvalue weighted by atomic mass is 15.1. The molecule has 0 saturated heterocycles. The van der Waals surface area contributed by atoms with Crippen LogP contribution in [0.25, 0.3) is 10.8 Å². The number of aryl methyl sites for hydroxylation is 3. The lowest BCUT2D eigenvalue weighted by Gasteiger charge is -2.24. The summed E-state index contributed by atoms with van der Waals surface area (Å²) in [6, 6.07) is 19.6. The summed E-state index contributed by atoms with van der Waals surface area (Å²) in [5.74, 6) is 0. The highest BCUT2D eigenvalue weighted by molar-refractivity contribution is 5.87. The van der Waals surface area contributed by atoms with Crippen LogP contribution in [0.2, 0.25) is 0 Å². The predicted octanol–water partition coefficient (Wildman–Crippen LogP) is 5.53. The van der Waals surface area contributed by atoms with Gasteiger partial charge in [0.05, 0.1) is 0 Å². The maximum atomic E-state index is 2.29. The van der Waals surface area contributed by atoms with Crippen molar-refractivity contribution in [2.45, 2.75) is 20.8 Å². The third-order valence-electron chi connectivity index (χ3n) is 4.09. The molecule has 0 atom stereocenters. The Hall–Kier alpha value is -2.28. The molecule has 3 aromatic rings. The number of nitrogens with zero attached hydrogens (tertiary/aromatic N) is 1.